The van der Waals surface area contributed by atoms with E-state index in [4.69, 9.17) is 19.0 Å². The first kappa shape index (κ1) is 20.6. The zero-order chi connectivity index (χ0) is 22.8. The van der Waals surface area contributed by atoms with Crippen LogP contribution >= 0.6 is 0 Å². The van der Waals surface area contributed by atoms with Gasteiger partial charge in [0.15, 0.2) is 0 Å². The number of benzene rings is 3. The summed E-state index contributed by atoms with van der Waals surface area (Å²) in [4.78, 5) is 23.7. The number of hydrogen-bond donors (Lipinski definition) is 2. The van der Waals surface area contributed by atoms with E-state index in [9.17, 15) is 9.59 Å². The van der Waals surface area contributed by atoms with Gasteiger partial charge in [-0.05, 0) is 29.8 Å². The average Bonchev–Trinajstić information content (AvgIpc) is 3.42. The van der Waals surface area contributed by atoms with Crippen molar-refractivity contribution in [2.24, 2.45) is 0 Å². The summed E-state index contributed by atoms with van der Waals surface area (Å²) < 4.78 is 17.0. The van der Waals surface area contributed by atoms with Gasteiger partial charge in [-0.15, -0.1) is 0 Å². The number of carboxylic acids is 1. The van der Waals surface area contributed by atoms with Crippen molar-refractivity contribution < 1.29 is 28.6 Å². The van der Waals surface area contributed by atoms with Crippen LogP contribution < -0.4 is 14.8 Å². The fourth-order valence-electron chi connectivity index (χ4n) is 3.98. The summed E-state index contributed by atoms with van der Waals surface area (Å²) in [6.45, 7) is 0.661. The van der Waals surface area contributed by atoms with E-state index in [0.717, 1.165) is 16.5 Å². The Balaban J connectivity index is 1.24. The van der Waals surface area contributed by atoms with Gasteiger partial charge < -0.3 is 24.3 Å². The second-order valence-corrected chi connectivity index (χ2v) is 7.89. The maximum absolute atomic E-state index is 12.7. The molecule has 7 nitrogen and oxygen atoms in total. The van der Waals surface area contributed by atoms with Gasteiger partial charge in [-0.1, -0.05) is 36.4 Å². The molecule has 33 heavy (non-hydrogen) atoms. The number of aliphatic carboxylic acids is 1. The highest BCUT2D eigenvalue weighted by atomic mass is 16.5. The van der Waals surface area contributed by atoms with E-state index in [-0.39, 0.29) is 18.2 Å². The highest BCUT2D eigenvalue weighted by molar-refractivity contribution is 6.12. The number of para-hydroxylation sites is 1. The van der Waals surface area contributed by atoms with Crippen LogP contribution in [0.1, 0.15) is 33.8 Å². The second kappa shape index (κ2) is 8.70. The van der Waals surface area contributed by atoms with Crippen molar-refractivity contribution in [3.63, 3.8) is 0 Å². The van der Waals surface area contributed by atoms with Crippen molar-refractivity contribution in [3.05, 3.63) is 89.7 Å². The van der Waals surface area contributed by atoms with Gasteiger partial charge in [0, 0.05) is 28.6 Å². The average molecular weight is 443 g/mol. The Kier molecular flexibility index (Phi) is 5.44. The highest BCUT2D eigenvalue weighted by Crippen LogP contribution is 2.38. The molecule has 0 radical (unpaired) electrons. The molecule has 2 N–H and O–H groups in total. The number of carboxylic acid groups (broad SMARTS) is 1. The number of furan rings is 1. The molecular weight excluding hydrogens is 422 g/mol. The molecular formula is C26H21NO6. The number of anilines is 1. The van der Waals surface area contributed by atoms with Crippen molar-refractivity contribution in [1.29, 1.82) is 0 Å². The fraction of sp³-hybridized carbons (Fsp3) is 0.154. The van der Waals surface area contributed by atoms with Crippen molar-refractivity contribution in [3.8, 4) is 11.5 Å². The molecule has 7 heteroatoms. The summed E-state index contributed by atoms with van der Waals surface area (Å²) in [6.07, 6.45) is 1.50. The van der Waals surface area contributed by atoms with Crippen molar-refractivity contribution in [2.45, 2.75) is 18.9 Å². The van der Waals surface area contributed by atoms with E-state index in [0.29, 0.717) is 41.5 Å². The molecule has 1 amide bonds. The number of rotatable bonds is 7. The summed E-state index contributed by atoms with van der Waals surface area (Å²) in [5.74, 6) is 0.0599. The van der Waals surface area contributed by atoms with Gasteiger partial charge in [0.25, 0.3) is 5.91 Å². The third kappa shape index (κ3) is 4.39. The lowest BCUT2D eigenvalue weighted by Gasteiger charge is -2.10. The second-order valence-electron chi connectivity index (χ2n) is 7.89. The molecule has 1 aliphatic heterocycles. The maximum Gasteiger partial charge on any atom is 0.304 e. The highest BCUT2D eigenvalue weighted by Gasteiger charge is 2.26. The molecule has 0 saturated carbocycles. The Bertz CT molecular complexity index is 1340. The minimum absolute atomic E-state index is 0.0420. The minimum Gasteiger partial charge on any atom is -0.492 e. The normalized spacial score (nSPS) is 14.5. The van der Waals surface area contributed by atoms with Crippen molar-refractivity contribution >= 4 is 28.5 Å². The smallest absolute Gasteiger partial charge is 0.304 e. The molecule has 0 bridgehead atoms. The molecule has 4 aromatic rings. The van der Waals surface area contributed by atoms with Crippen LogP contribution in [0.15, 0.2) is 77.4 Å². The van der Waals surface area contributed by atoms with E-state index in [1.807, 2.05) is 60.7 Å². The van der Waals surface area contributed by atoms with Gasteiger partial charge in [0.05, 0.1) is 18.6 Å². The Hall–Kier alpha value is -4.26. The number of fused-ring (bicyclic) bond motifs is 2. The first-order chi connectivity index (χ1) is 16.1. The third-order valence-corrected chi connectivity index (χ3v) is 5.60. The van der Waals surface area contributed by atoms with Gasteiger partial charge >= 0.3 is 5.97 Å². The number of carbonyl (C=O) groups is 2. The van der Waals surface area contributed by atoms with Crippen LogP contribution in [0, 0.1) is 0 Å². The Morgan fingerprint density at radius 1 is 1.06 bits per heavy atom. The zero-order valence-corrected chi connectivity index (χ0v) is 17.6. The number of ether oxygens (including phenoxy) is 2. The summed E-state index contributed by atoms with van der Waals surface area (Å²) >= 11 is 0. The molecule has 166 valence electrons. The first-order valence-corrected chi connectivity index (χ1v) is 10.5. The molecule has 1 aliphatic rings. The molecule has 1 unspecified atom stereocenters. The molecule has 0 spiro atoms. The van der Waals surface area contributed by atoms with Crippen LogP contribution in [-0.4, -0.2) is 23.6 Å². The summed E-state index contributed by atoms with van der Waals surface area (Å²) in [7, 11) is 0. The van der Waals surface area contributed by atoms with Crippen molar-refractivity contribution in [1.82, 2.24) is 0 Å². The molecule has 5 rings (SSSR count). The van der Waals surface area contributed by atoms with Crippen LogP contribution in [0.2, 0.25) is 0 Å². The molecule has 0 aliphatic carbocycles. The van der Waals surface area contributed by atoms with E-state index >= 15 is 0 Å². The Morgan fingerprint density at radius 3 is 2.82 bits per heavy atom. The molecule has 3 aromatic carbocycles. The summed E-state index contributed by atoms with van der Waals surface area (Å²) in [5, 5.41) is 12.7. The van der Waals surface area contributed by atoms with Crippen LogP contribution in [0.5, 0.6) is 11.5 Å². The number of hydrogen-bond acceptors (Lipinski definition) is 5. The molecule has 0 fully saturated rings. The van der Waals surface area contributed by atoms with Gasteiger partial charge in [0.2, 0.25) is 0 Å². The van der Waals surface area contributed by atoms with Crippen LogP contribution in [0.3, 0.4) is 0 Å². The number of carbonyl (C=O) groups excluding carboxylic acids is 1. The van der Waals surface area contributed by atoms with Gasteiger partial charge in [0.1, 0.15) is 30.0 Å². The maximum atomic E-state index is 12.7. The van der Waals surface area contributed by atoms with Crippen molar-refractivity contribution in [2.75, 3.05) is 11.9 Å². The molecule has 1 atom stereocenters. The molecule has 0 saturated heterocycles. The lowest BCUT2D eigenvalue weighted by atomic mass is 9.98. The minimum atomic E-state index is -0.843. The topological polar surface area (TPSA) is 98.0 Å². The summed E-state index contributed by atoms with van der Waals surface area (Å²) in [5.41, 5.74) is 3.57. The predicted molar refractivity (Wildman–Crippen MR) is 122 cm³/mol. The SMILES string of the molecule is O=C(O)CC1COc2cc(OCc3cccc(NC(=O)c4coc5ccccc45)c3)ccc21. The van der Waals surface area contributed by atoms with Gasteiger partial charge in [-0.2, -0.15) is 0 Å². The van der Waals surface area contributed by atoms with E-state index in [2.05, 4.69) is 5.32 Å². The number of amides is 1. The third-order valence-electron chi connectivity index (χ3n) is 5.60. The quantitative estimate of drug-likeness (QED) is 0.407. The molecule has 1 aromatic heterocycles. The zero-order valence-electron chi connectivity index (χ0n) is 17.6. The lowest BCUT2D eigenvalue weighted by Crippen LogP contribution is -2.11. The van der Waals surface area contributed by atoms with E-state index in [1.54, 1.807) is 6.07 Å². The largest absolute Gasteiger partial charge is 0.492 e. The van der Waals surface area contributed by atoms with Gasteiger partial charge in [-0.25, -0.2) is 0 Å². The van der Waals surface area contributed by atoms with Gasteiger partial charge in [-0.3, -0.25) is 9.59 Å². The van der Waals surface area contributed by atoms with E-state index in [1.165, 1.54) is 6.26 Å². The summed E-state index contributed by atoms with van der Waals surface area (Å²) in [6, 6.07) is 20.3. The lowest BCUT2D eigenvalue weighted by molar-refractivity contribution is -0.137. The van der Waals surface area contributed by atoms with Crippen LogP contribution in [0.4, 0.5) is 5.69 Å². The first-order valence-electron chi connectivity index (χ1n) is 10.5. The predicted octanol–water partition coefficient (Wildman–Crippen LogP) is 5.21. The Labute approximate surface area is 189 Å². The van der Waals surface area contributed by atoms with Crippen LogP contribution in [0.25, 0.3) is 11.0 Å². The fourth-order valence-corrected chi connectivity index (χ4v) is 3.98. The Morgan fingerprint density at radius 2 is 1.94 bits per heavy atom. The monoisotopic (exact) mass is 443 g/mol. The standard InChI is InChI=1S/C26H21NO6/c28-25(29)11-17-14-32-24-12-19(8-9-20(17)24)31-13-16-4-3-5-18(10-16)27-26(30)22-15-33-23-7-2-1-6-21(22)23/h1-10,12,15,17H,11,13-14H2,(H,27,30)(H,28,29). The molecule has 2 heterocycles. The van der Waals surface area contributed by atoms with E-state index < -0.39 is 5.97 Å². The number of nitrogens with one attached hydrogen (secondary N) is 1. The van der Waals surface area contributed by atoms with Crippen LogP contribution in [-0.2, 0) is 11.4 Å².